The van der Waals surface area contributed by atoms with E-state index in [9.17, 15) is 14.0 Å². The molecule has 0 spiro atoms. The van der Waals surface area contributed by atoms with Crippen LogP contribution in [0.1, 0.15) is 15.9 Å². The number of rotatable bonds is 10. The highest BCUT2D eigenvalue weighted by Gasteiger charge is 2.24. The number of amides is 2. The Kier molecular flexibility index (Phi) is 8.09. The van der Waals surface area contributed by atoms with Gasteiger partial charge in [0, 0.05) is 22.2 Å². The van der Waals surface area contributed by atoms with Crippen molar-refractivity contribution < 1.29 is 28.3 Å². The zero-order chi connectivity index (χ0) is 24.8. The number of nitrogens with zero attached hydrogens (tertiary/aromatic N) is 4. The summed E-state index contributed by atoms with van der Waals surface area (Å²) in [5, 5.41) is 11.1. The first-order chi connectivity index (χ1) is 17.0. The van der Waals surface area contributed by atoms with Gasteiger partial charge in [-0.2, -0.15) is 0 Å². The summed E-state index contributed by atoms with van der Waals surface area (Å²) in [6, 6.07) is 6.25. The first kappa shape index (κ1) is 24.8. The summed E-state index contributed by atoms with van der Waals surface area (Å²) in [5.41, 5.74) is 3.64. The maximum atomic E-state index is 14.6. The molecule has 3 heterocycles. The average molecular weight is 596 g/mol. The van der Waals surface area contributed by atoms with Gasteiger partial charge in [0.2, 0.25) is 5.91 Å². The molecule has 1 aliphatic heterocycles. The van der Waals surface area contributed by atoms with Crippen molar-refractivity contribution in [2.75, 3.05) is 38.3 Å². The summed E-state index contributed by atoms with van der Waals surface area (Å²) in [6.45, 7) is 4.70. The minimum atomic E-state index is -0.595. The predicted octanol–water partition coefficient (Wildman–Crippen LogP) is 2.40. The Morgan fingerprint density at radius 2 is 2.20 bits per heavy atom. The van der Waals surface area contributed by atoms with Gasteiger partial charge in [0.25, 0.3) is 5.91 Å². The Bertz CT molecular complexity index is 1250. The average Bonchev–Trinajstić information content (AvgIpc) is 3.33. The van der Waals surface area contributed by atoms with Gasteiger partial charge in [-0.15, -0.1) is 10.2 Å². The number of aromatic nitrogens is 3. The third-order valence-corrected chi connectivity index (χ3v) is 5.78. The van der Waals surface area contributed by atoms with Crippen molar-refractivity contribution >= 4 is 51.6 Å². The van der Waals surface area contributed by atoms with Gasteiger partial charge in [-0.25, -0.2) is 9.87 Å². The minimum Gasteiger partial charge on any atom is -0.499 e. The van der Waals surface area contributed by atoms with Crippen LogP contribution in [0.25, 0.3) is 5.65 Å². The van der Waals surface area contributed by atoms with Crippen LogP contribution in [0.2, 0.25) is 0 Å². The summed E-state index contributed by atoms with van der Waals surface area (Å²) >= 11 is 2.01. The van der Waals surface area contributed by atoms with Gasteiger partial charge in [0.05, 0.1) is 24.1 Å². The summed E-state index contributed by atoms with van der Waals surface area (Å²) in [5.74, 6) is -1.04. The number of nitrogens with one attached hydrogen (secondary N) is 2. The van der Waals surface area contributed by atoms with Crippen molar-refractivity contribution in [1.82, 2.24) is 25.0 Å². The molecule has 1 fully saturated rings. The van der Waals surface area contributed by atoms with Crippen LogP contribution in [0.3, 0.4) is 0 Å². The second kappa shape index (κ2) is 11.4. The van der Waals surface area contributed by atoms with Gasteiger partial charge in [0.1, 0.15) is 37.8 Å². The normalized spacial score (nSPS) is 13.7. The van der Waals surface area contributed by atoms with E-state index in [0.29, 0.717) is 24.4 Å². The highest BCUT2D eigenvalue weighted by atomic mass is 127. The Hall–Kier alpha value is -3.30. The number of anilines is 2. The van der Waals surface area contributed by atoms with Crippen LogP contribution < -0.4 is 10.8 Å². The van der Waals surface area contributed by atoms with E-state index >= 15 is 0 Å². The van der Waals surface area contributed by atoms with Gasteiger partial charge in [-0.05, 0) is 46.9 Å². The number of morpholine rings is 1. The SMILES string of the molecule is C=COCCONC(=O)c1cc(CN2CCOCC2=O)c2nncn2c1Nc1ccc(I)cc1F. The Morgan fingerprint density at radius 1 is 1.34 bits per heavy atom. The fraction of sp³-hybridized carbons (Fsp3) is 0.273. The number of hydrogen-bond acceptors (Lipinski definition) is 8. The molecular formula is C22H22FIN6O5. The molecule has 184 valence electrons. The van der Waals surface area contributed by atoms with Crippen molar-refractivity contribution in [2.45, 2.75) is 6.54 Å². The predicted molar refractivity (Wildman–Crippen MR) is 131 cm³/mol. The minimum absolute atomic E-state index is 0.0112. The van der Waals surface area contributed by atoms with E-state index in [2.05, 4.69) is 27.6 Å². The lowest BCUT2D eigenvalue weighted by atomic mass is 10.1. The fourth-order valence-electron chi connectivity index (χ4n) is 3.46. The summed E-state index contributed by atoms with van der Waals surface area (Å²) in [4.78, 5) is 32.2. The molecule has 0 aliphatic carbocycles. The molecule has 0 saturated carbocycles. The third-order valence-electron chi connectivity index (χ3n) is 5.11. The largest absolute Gasteiger partial charge is 0.499 e. The molecule has 13 heteroatoms. The molecule has 2 N–H and O–H groups in total. The summed E-state index contributed by atoms with van der Waals surface area (Å²) in [7, 11) is 0. The van der Waals surface area contributed by atoms with Crippen LogP contribution in [0.4, 0.5) is 15.9 Å². The number of hydroxylamine groups is 1. The zero-order valence-electron chi connectivity index (χ0n) is 18.5. The molecule has 1 aromatic carbocycles. The molecule has 0 radical (unpaired) electrons. The standard InChI is InChI=1S/C22H22FIN6O5/c1-2-33-7-8-35-28-22(32)16-9-14(11-29-5-6-34-12-19(29)31)20-27-25-13-30(20)21(16)26-18-4-3-15(24)10-17(18)23/h2-4,9-10,13,26H,1,5-8,11-12H2,(H,28,32). The van der Waals surface area contributed by atoms with Gasteiger partial charge in [-0.1, -0.05) is 6.58 Å². The Morgan fingerprint density at radius 3 is 2.97 bits per heavy atom. The third kappa shape index (κ3) is 5.86. The number of carbonyl (C=O) groups excluding carboxylic acids is 2. The van der Waals surface area contributed by atoms with Crippen molar-refractivity contribution in [3.05, 3.63) is 63.9 Å². The molecule has 4 rings (SSSR count). The lowest BCUT2D eigenvalue weighted by molar-refractivity contribution is -0.143. The zero-order valence-corrected chi connectivity index (χ0v) is 20.7. The number of pyridine rings is 1. The number of halogens is 2. The van der Waals surface area contributed by atoms with Crippen molar-refractivity contribution in [2.24, 2.45) is 0 Å². The lowest BCUT2D eigenvalue weighted by Gasteiger charge is -2.27. The number of fused-ring (bicyclic) bond motifs is 1. The van der Waals surface area contributed by atoms with E-state index < -0.39 is 11.7 Å². The van der Waals surface area contributed by atoms with Gasteiger partial charge >= 0.3 is 0 Å². The van der Waals surface area contributed by atoms with Gasteiger partial charge in [-0.3, -0.25) is 18.8 Å². The second-order valence-electron chi connectivity index (χ2n) is 7.39. The van der Waals surface area contributed by atoms with E-state index in [-0.39, 0.29) is 49.3 Å². The van der Waals surface area contributed by atoms with E-state index in [0.717, 1.165) is 3.57 Å². The van der Waals surface area contributed by atoms with Crippen molar-refractivity contribution in [1.29, 1.82) is 0 Å². The fourth-order valence-corrected chi connectivity index (χ4v) is 3.91. The monoisotopic (exact) mass is 596 g/mol. The van der Waals surface area contributed by atoms with Crippen LogP contribution in [0, 0.1) is 9.39 Å². The highest BCUT2D eigenvalue weighted by Crippen LogP contribution is 2.28. The molecule has 35 heavy (non-hydrogen) atoms. The van der Waals surface area contributed by atoms with Crippen LogP contribution >= 0.6 is 22.6 Å². The molecular weight excluding hydrogens is 574 g/mol. The molecule has 3 aromatic rings. The maximum Gasteiger partial charge on any atom is 0.278 e. The summed E-state index contributed by atoms with van der Waals surface area (Å²) < 4.78 is 27.1. The van der Waals surface area contributed by atoms with E-state index in [4.69, 9.17) is 14.3 Å². The molecule has 1 aliphatic rings. The van der Waals surface area contributed by atoms with Gasteiger partial charge < -0.3 is 19.7 Å². The van der Waals surface area contributed by atoms with Crippen LogP contribution in [-0.2, 0) is 25.7 Å². The smallest absolute Gasteiger partial charge is 0.278 e. The van der Waals surface area contributed by atoms with Crippen LogP contribution in [0.5, 0.6) is 0 Å². The number of benzene rings is 1. The molecule has 2 amide bonds. The Labute approximate surface area is 213 Å². The van der Waals surface area contributed by atoms with Crippen LogP contribution in [0.15, 0.2) is 43.4 Å². The van der Waals surface area contributed by atoms with Crippen molar-refractivity contribution in [3.8, 4) is 0 Å². The molecule has 1 saturated heterocycles. The first-order valence-electron chi connectivity index (χ1n) is 10.6. The van der Waals surface area contributed by atoms with E-state index in [1.54, 1.807) is 23.1 Å². The first-order valence-corrected chi connectivity index (χ1v) is 11.6. The van der Waals surface area contributed by atoms with E-state index in [1.807, 2.05) is 22.6 Å². The van der Waals surface area contributed by atoms with Crippen LogP contribution in [-0.4, -0.2) is 64.3 Å². The van der Waals surface area contributed by atoms with E-state index in [1.165, 1.54) is 23.1 Å². The lowest BCUT2D eigenvalue weighted by Crippen LogP contribution is -2.41. The number of carbonyl (C=O) groups is 2. The molecule has 0 bridgehead atoms. The topological polar surface area (TPSA) is 119 Å². The van der Waals surface area contributed by atoms with Gasteiger partial charge in [0.15, 0.2) is 5.65 Å². The molecule has 11 nitrogen and oxygen atoms in total. The van der Waals surface area contributed by atoms with Crippen molar-refractivity contribution in [3.63, 3.8) is 0 Å². The highest BCUT2D eigenvalue weighted by molar-refractivity contribution is 14.1. The molecule has 0 unspecified atom stereocenters. The second-order valence-corrected chi connectivity index (χ2v) is 8.64. The molecule has 2 aromatic heterocycles. The number of ether oxygens (including phenoxy) is 2. The summed E-state index contributed by atoms with van der Waals surface area (Å²) in [6.07, 6.45) is 2.67. The Balaban J connectivity index is 1.71. The molecule has 0 atom stereocenters. The number of hydrogen-bond donors (Lipinski definition) is 2. The maximum absolute atomic E-state index is 14.6. The quantitative estimate of drug-likeness (QED) is 0.159.